The lowest BCUT2D eigenvalue weighted by atomic mass is 9.74. The van der Waals surface area contributed by atoms with Crippen LogP contribution < -0.4 is 15.6 Å². The Bertz CT molecular complexity index is 2240. The van der Waals surface area contributed by atoms with Gasteiger partial charge in [0.1, 0.15) is 17.2 Å². The molecule has 1 amide bonds. The van der Waals surface area contributed by atoms with Crippen molar-refractivity contribution < 1.29 is 35.9 Å². The van der Waals surface area contributed by atoms with Crippen molar-refractivity contribution in [1.29, 1.82) is 0 Å². The van der Waals surface area contributed by atoms with Gasteiger partial charge >= 0.3 is 6.18 Å². The van der Waals surface area contributed by atoms with Gasteiger partial charge in [-0.05, 0) is 67.5 Å². The van der Waals surface area contributed by atoms with E-state index < -0.39 is 33.1 Å². The molecule has 2 aliphatic heterocycles. The van der Waals surface area contributed by atoms with Crippen molar-refractivity contribution in [2.45, 2.75) is 61.6 Å². The highest BCUT2D eigenvalue weighted by Gasteiger charge is 2.50. The number of fused-ring (bicyclic) bond motifs is 3. The van der Waals surface area contributed by atoms with Crippen LogP contribution in [0.4, 0.5) is 18.9 Å². The van der Waals surface area contributed by atoms with E-state index in [1.54, 1.807) is 22.8 Å². The van der Waals surface area contributed by atoms with Crippen LogP contribution in [0.2, 0.25) is 5.02 Å². The number of piperidine rings is 1. The Morgan fingerprint density at radius 3 is 2.59 bits per heavy atom. The van der Waals surface area contributed by atoms with E-state index in [0.717, 1.165) is 23.8 Å². The third kappa shape index (κ3) is 6.21. The molecule has 1 aliphatic carbocycles. The number of nitrogens with one attached hydrogen (secondary N) is 1. The number of ether oxygens (including phenoxy) is 2. The predicted molar refractivity (Wildman–Crippen MR) is 181 cm³/mol. The number of hydrogen-bond acceptors (Lipinski definition) is 8. The molecule has 7 rings (SSSR count). The number of sulfonamides is 1. The summed E-state index contributed by atoms with van der Waals surface area (Å²) >= 11 is 6.14. The molecule has 1 spiro atoms. The highest BCUT2D eigenvalue weighted by atomic mass is 35.5. The lowest BCUT2D eigenvalue weighted by Crippen LogP contribution is -2.46. The standard InChI is InChI=1S/C34H34ClF3N6O6S/c1-20-18-33(11-13-42(14-12-33)51(47,48)26-6-4-3-5-25(26)49-2)28-29(20)43(19-27(45)39-24-8-7-22(17-23(24)35)34(36,37)38)32-40-30(41-44(32)31(28)46)21-9-15-50-16-10-21/h3-9,17,20H,10-16,18-19H2,1-2H3,(H,39,45). The largest absolute Gasteiger partial charge is 0.495 e. The summed E-state index contributed by atoms with van der Waals surface area (Å²) in [4.78, 5) is 32.8. The lowest BCUT2D eigenvalue weighted by Gasteiger charge is -2.39. The fraction of sp³-hybridized carbons (Fsp3) is 0.412. The minimum atomic E-state index is -4.61. The van der Waals surface area contributed by atoms with Gasteiger partial charge in [-0.1, -0.05) is 36.7 Å². The van der Waals surface area contributed by atoms with Crippen LogP contribution in [-0.4, -0.2) is 71.2 Å². The topological polar surface area (TPSA) is 137 Å². The third-order valence-corrected chi connectivity index (χ3v) is 12.2. The molecule has 4 aromatic rings. The van der Waals surface area contributed by atoms with Gasteiger partial charge in [0, 0.05) is 29.8 Å². The van der Waals surface area contributed by atoms with Crippen molar-refractivity contribution in [1.82, 2.24) is 23.5 Å². The van der Waals surface area contributed by atoms with Crippen LogP contribution in [-0.2, 0) is 37.7 Å². The maximum Gasteiger partial charge on any atom is 0.416 e. The zero-order chi connectivity index (χ0) is 36.3. The van der Waals surface area contributed by atoms with E-state index in [2.05, 4.69) is 10.4 Å². The summed E-state index contributed by atoms with van der Waals surface area (Å²) in [7, 11) is -2.50. The molecule has 0 saturated carbocycles. The molecule has 51 heavy (non-hydrogen) atoms. The molecule has 1 fully saturated rings. The van der Waals surface area contributed by atoms with Crippen LogP contribution in [0.15, 0.2) is 58.2 Å². The van der Waals surface area contributed by atoms with Gasteiger partial charge in [-0.25, -0.2) is 8.42 Å². The SMILES string of the molecule is COc1ccccc1S(=O)(=O)N1CCC2(CC1)CC(C)c1c2c(=O)n2nc(C3=CCOCC3)nc2n1CC(=O)Nc1ccc(C(F)(F)F)cc1Cl. The van der Waals surface area contributed by atoms with E-state index in [0.29, 0.717) is 56.0 Å². The van der Waals surface area contributed by atoms with Gasteiger partial charge in [-0.2, -0.15) is 27.0 Å². The Labute approximate surface area is 295 Å². The minimum Gasteiger partial charge on any atom is -0.495 e. The number of carbonyl (C=O) groups is 1. The van der Waals surface area contributed by atoms with Gasteiger partial charge in [0.25, 0.3) is 5.56 Å². The number of halogens is 4. The second kappa shape index (κ2) is 13.1. The van der Waals surface area contributed by atoms with E-state index >= 15 is 0 Å². The molecule has 1 unspecified atom stereocenters. The zero-order valence-corrected chi connectivity index (χ0v) is 29.2. The number of hydrogen-bond donors (Lipinski definition) is 1. The molecule has 1 saturated heterocycles. The monoisotopic (exact) mass is 746 g/mol. The summed E-state index contributed by atoms with van der Waals surface area (Å²) in [6.07, 6.45) is -1.04. The first-order chi connectivity index (χ1) is 24.2. The van der Waals surface area contributed by atoms with Gasteiger partial charge in [-0.3, -0.25) is 9.59 Å². The summed E-state index contributed by atoms with van der Waals surface area (Å²) in [5, 5.41) is 6.92. The number of benzene rings is 2. The number of carbonyl (C=O) groups excluding carboxylic acids is 1. The van der Waals surface area contributed by atoms with E-state index in [1.807, 2.05) is 13.0 Å². The van der Waals surface area contributed by atoms with Gasteiger partial charge in [0.15, 0.2) is 5.82 Å². The Morgan fingerprint density at radius 2 is 1.92 bits per heavy atom. The molecule has 1 atom stereocenters. The minimum absolute atomic E-state index is 0.00830. The molecule has 270 valence electrons. The number of para-hydroxylation sites is 1. The molecular weight excluding hydrogens is 713 g/mol. The molecule has 1 N–H and O–H groups in total. The van der Waals surface area contributed by atoms with Crippen molar-refractivity contribution in [3.8, 4) is 5.75 Å². The van der Waals surface area contributed by atoms with Gasteiger partial charge in [0.05, 0.1) is 36.6 Å². The average Bonchev–Trinajstić information content (AvgIpc) is 3.68. The van der Waals surface area contributed by atoms with Crippen LogP contribution in [0.5, 0.6) is 5.75 Å². The normalized spacial score (nSPS) is 19.3. The van der Waals surface area contributed by atoms with Crippen LogP contribution in [0.1, 0.15) is 61.2 Å². The molecule has 2 aromatic heterocycles. The molecule has 4 heterocycles. The van der Waals surface area contributed by atoms with Crippen molar-refractivity contribution in [2.24, 2.45) is 0 Å². The first-order valence-electron chi connectivity index (χ1n) is 16.3. The van der Waals surface area contributed by atoms with Crippen LogP contribution >= 0.6 is 11.6 Å². The Kier molecular flexibility index (Phi) is 9.01. The molecule has 0 radical (unpaired) electrons. The molecule has 12 nitrogen and oxygen atoms in total. The van der Waals surface area contributed by atoms with Gasteiger partial charge in [0.2, 0.25) is 21.7 Å². The highest BCUT2D eigenvalue weighted by Crippen LogP contribution is 2.51. The Morgan fingerprint density at radius 1 is 1.18 bits per heavy atom. The summed E-state index contributed by atoms with van der Waals surface area (Å²) in [6, 6.07) is 9.07. The summed E-state index contributed by atoms with van der Waals surface area (Å²) in [6.45, 7) is 2.70. The maximum absolute atomic E-state index is 14.5. The first kappa shape index (κ1) is 35.2. The number of amides is 1. The van der Waals surface area contributed by atoms with Crippen molar-refractivity contribution in [3.05, 3.63) is 86.6 Å². The fourth-order valence-corrected chi connectivity index (χ4v) is 9.42. The maximum atomic E-state index is 14.5. The summed E-state index contributed by atoms with van der Waals surface area (Å²) < 4.78 is 82.1. The summed E-state index contributed by atoms with van der Waals surface area (Å²) in [5.74, 6) is -0.154. The number of rotatable bonds is 7. The smallest absolute Gasteiger partial charge is 0.416 e. The quantitative estimate of drug-likeness (QED) is 0.271. The molecular formula is C34H34ClF3N6O6S. The predicted octanol–water partition coefficient (Wildman–Crippen LogP) is 5.24. The van der Waals surface area contributed by atoms with Crippen molar-refractivity contribution >= 4 is 44.6 Å². The van der Waals surface area contributed by atoms with Gasteiger partial charge < -0.3 is 19.4 Å². The highest BCUT2D eigenvalue weighted by molar-refractivity contribution is 7.89. The number of methoxy groups -OCH3 is 1. The molecule has 2 aromatic carbocycles. The Hall–Kier alpha value is -4.25. The van der Waals surface area contributed by atoms with E-state index in [4.69, 9.17) is 26.1 Å². The molecule has 17 heteroatoms. The van der Waals surface area contributed by atoms with Crippen LogP contribution in [0.25, 0.3) is 11.4 Å². The number of alkyl halides is 3. The zero-order valence-electron chi connectivity index (χ0n) is 27.7. The number of aromatic nitrogens is 4. The number of nitrogens with zero attached hydrogens (tertiary/aromatic N) is 5. The van der Waals surface area contributed by atoms with Crippen molar-refractivity contribution in [3.63, 3.8) is 0 Å². The number of anilines is 1. The second-order valence-electron chi connectivity index (χ2n) is 13.0. The van der Waals surface area contributed by atoms with E-state index in [1.165, 1.54) is 22.0 Å². The Balaban J connectivity index is 1.27. The van der Waals surface area contributed by atoms with Crippen molar-refractivity contribution in [2.75, 3.05) is 38.7 Å². The van der Waals surface area contributed by atoms with E-state index in [9.17, 15) is 31.2 Å². The second-order valence-corrected chi connectivity index (χ2v) is 15.3. The average molecular weight is 747 g/mol. The van der Waals surface area contributed by atoms with Crippen LogP contribution in [0, 0.1) is 0 Å². The summed E-state index contributed by atoms with van der Waals surface area (Å²) in [5.41, 5.74) is -0.243. The molecule has 0 bridgehead atoms. The first-order valence-corrected chi connectivity index (χ1v) is 18.2. The van der Waals surface area contributed by atoms with E-state index in [-0.39, 0.29) is 58.2 Å². The molecule has 3 aliphatic rings. The van der Waals surface area contributed by atoms with Gasteiger partial charge in [-0.15, -0.1) is 5.10 Å². The third-order valence-electron chi connectivity index (χ3n) is 9.97. The lowest BCUT2D eigenvalue weighted by molar-refractivity contribution is -0.137. The fourth-order valence-electron chi connectivity index (χ4n) is 7.60. The van der Waals surface area contributed by atoms with Crippen LogP contribution in [0.3, 0.4) is 0 Å².